The summed E-state index contributed by atoms with van der Waals surface area (Å²) >= 11 is 0. The summed E-state index contributed by atoms with van der Waals surface area (Å²) in [7, 11) is -0.344. The predicted octanol–water partition coefficient (Wildman–Crippen LogP) is 1.59. The molecule has 0 saturated heterocycles. The fraction of sp³-hybridized carbons (Fsp3) is 0. The van der Waals surface area contributed by atoms with E-state index in [0.29, 0.717) is 0 Å². The predicted molar refractivity (Wildman–Crippen MR) is 70.7 cm³/mol. The van der Waals surface area contributed by atoms with Gasteiger partial charge >= 0.3 is 0 Å². The summed E-state index contributed by atoms with van der Waals surface area (Å²) in [4.78, 5) is 0. The molecule has 0 unspecified atom stereocenters. The lowest BCUT2D eigenvalue weighted by Gasteiger charge is -2.09. The van der Waals surface area contributed by atoms with E-state index in [4.69, 9.17) is 0 Å². The summed E-state index contributed by atoms with van der Waals surface area (Å²) in [5.41, 5.74) is 3.72. The highest BCUT2D eigenvalue weighted by atomic mass is 19.1. The molecule has 0 atom stereocenters. The van der Waals surface area contributed by atoms with Crippen LogP contribution in [0.5, 0.6) is 0 Å². The topological polar surface area (TPSA) is 0 Å². The minimum atomic E-state index is -0.344. The third-order valence-corrected chi connectivity index (χ3v) is 2.90. The molecule has 2 heteroatoms. The van der Waals surface area contributed by atoms with Crippen LogP contribution in [0.3, 0.4) is 0 Å². The van der Waals surface area contributed by atoms with E-state index < -0.39 is 0 Å². The first-order chi connectivity index (χ1) is 7.78. The van der Waals surface area contributed by atoms with Crippen LogP contribution < -0.4 is 10.9 Å². The molecule has 0 amide bonds. The Labute approximate surface area is 95.7 Å². The molecule has 0 aromatic heterocycles. The van der Waals surface area contributed by atoms with Crippen molar-refractivity contribution in [2.45, 2.75) is 0 Å². The zero-order valence-electron chi connectivity index (χ0n) is 9.28. The van der Waals surface area contributed by atoms with Crippen molar-refractivity contribution >= 4 is 24.3 Å². The van der Waals surface area contributed by atoms with Crippen molar-refractivity contribution in [3.05, 3.63) is 66.5 Å². The lowest BCUT2D eigenvalue weighted by molar-refractivity contribution is 0.628. The van der Waals surface area contributed by atoms with Crippen molar-refractivity contribution < 1.29 is 4.39 Å². The average molecular weight is 211 g/mol. The van der Waals surface area contributed by atoms with Gasteiger partial charge in [0.1, 0.15) is 5.82 Å². The van der Waals surface area contributed by atoms with Crippen molar-refractivity contribution in [2.24, 2.45) is 0 Å². The molecule has 0 N–H and O–H groups in total. The van der Waals surface area contributed by atoms with E-state index in [0.717, 1.165) is 5.56 Å². The van der Waals surface area contributed by atoms with Crippen LogP contribution in [0.25, 0.3) is 6.08 Å². The van der Waals surface area contributed by atoms with Gasteiger partial charge < -0.3 is 0 Å². The van der Waals surface area contributed by atoms with E-state index in [-0.39, 0.29) is 13.1 Å². The quantitative estimate of drug-likeness (QED) is 0.676. The molecule has 0 fully saturated rings. The highest BCUT2D eigenvalue weighted by Gasteiger charge is 1.91. The van der Waals surface area contributed by atoms with Crippen LogP contribution in [0.1, 0.15) is 5.56 Å². The molecule has 80 valence electrons. The standard InChI is InChI=1S/C14H13BF/c1-2-11-3-5-12(6-4-11)15-13-7-9-14(16)10-8-13/h2-10H,1,15H2/q-1. The smallest absolute Gasteiger partial charge is 0.122 e. The molecule has 0 nitrogen and oxygen atoms in total. The molecule has 0 aliphatic rings. The monoisotopic (exact) mass is 211 g/mol. The average Bonchev–Trinajstić information content (AvgIpc) is 2.33. The van der Waals surface area contributed by atoms with Gasteiger partial charge in [0.25, 0.3) is 0 Å². The van der Waals surface area contributed by atoms with Gasteiger partial charge in [0.15, 0.2) is 0 Å². The summed E-state index contributed by atoms with van der Waals surface area (Å²) < 4.78 is 12.7. The van der Waals surface area contributed by atoms with Crippen LogP contribution in [0.4, 0.5) is 4.39 Å². The third kappa shape index (κ3) is 2.60. The van der Waals surface area contributed by atoms with Crippen LogP contribution in [-0.4, -0.2) is 7.28 Å². The second kappa shape index (κ2) is 4.80. The summed E-state index contributed by atoms with van der Waals surface area (Å²) in [6.07, 6.45) is 1.83. The maximum Gasteiger partial charge on any atom is 0.122 e. The molecule has 2 aromatic rings. The van der Waals surface area contributed by atoms with E-state index in [9.17, 15) is 4.39 Å². The Morgan fingerprint density at radius 1 is 0.875 bits per heavy atom. The summed E-state index contributed by atoms with van der Waals surface area (Å²) in [5, 5.41) is 0. The first-order valence-corrected chi connectivity index (χ1v) is 5.53. The van der Waals surface area contributed by atoms with Gasteiger partial charge in [0, 0.05) is 7.28 Å². The Balaban J connectivity index is 2.14. The molecule has 0 saturated carbocycles. The van der Waals surface area contributed by atoms with Gasteiger partial charge in [-0.3, -0.25) is 0 Å². The lowest BCUT2D eigenvalue weighted by atomic mass is 9.64. The van der Waals surface area contributed by atoms with E-state index in [1.54, 1.807) is 0 Å². The van der Waals surface area contributed by atoms with Crippen LogP contribution in [0, 0.1) is 5.82 Å². The largest absolute Gasteiger partial charge is 0.212 e. The Morgan fingerprint density at radius 2 is 1.38 bits per heavy atom. The van der Waals surface area contributed by atoms with Gasteiger partial charge in [-0.25, -0.2) is 15.3 Å². The molecule has 0 aliphatic carbocycles. The van der Waals surface area contributed by atoms with Crippen LogP contribution >= 0.6 is 0 Å². The molecule has 0 aliphatic heterocycles. The normalized spacial score (nSPS) is 10.1. The molecular weight excluding hydrogens is 198 g/mol. The number of hydrogen-bond acceptors (Lipinski definition) is 0. The van der Waals surface area contributed by atoms with Gasteiger partial charge in [-0.1, -0.05) is 49.1 Å². The maximum absolute atomic E-state index is 12.7. The van der Waals surface area contributed by atoms with Gasteiger partial charge in [0.2, 0.25) is 0 Å². The second-order valence-electron chi connectivity index (χ2n) is 4.16. The second-order valence-corrected chi connectivity index (χ2v) is 4.16. The van der Waals surface area contributed by atoms with E-state index in [2.05, 4.69) is 30.8 Å². The highest BCUT2D eigenvalue weighted by molar-refractivity contribution is 6.67. The molecule has 0 heterocycles. The van der Waals surface area contributed by atoms with Crippen molar-refractivity contribution in [1.82, 2.24) is 0 Å². The van der Waals surface area contributed by atoms with E-state index in [1.165, 1.54) is 23.1 Å². The number of rotatable bonds is 3. The minimum absolute atomic E-state index is 0.169. The molecule has 2 aromatic carbocycles. The van der Waals surface area contributed by atoms with Crippen LogP contribution in [-0.2, 0) is 0 Å². The lowest BCUT2D eigenvalue weighted by Crippen LogP contribution is -2.26. The van der Waals surface area contributed by atoms with Gasteiger partial charge in [-0.2, -0.15) is 0 Å². The first kappa shape index (κ1) is 10.7. The number of halogens is 1. The maximum atomic E-state index is 12.7. The molecule has 16 heavy (non-hydrogen) atoms. The molecular formula is C14H13BF-. The SMILES string of the molecule is C=Cc1ccc([BH2-]c2ccc(F)cc2)cc1. The fourth-order valence-electron chi connectivity index (χ4n) is 1.90. The Kier molecular flexibility index (Phi) is 3.20. The van der Waals surface area contributed by atoms with Gasteiger partial charge in [-0.05, 0) is 17.7 Å². The first-order valence-electron chi connectivity index (χ1n) is 5.53. The number of hydrogen-bond donors (Lipinski definition) is 0. The van der Waals surface area contributed by atoms with Crippen molar-refractivity contribution in [3.63, 3.8) is 0 Å². The van der Waals surface area contributed by atoms with Gasteiger partial charge in [0.05, 0.1) is 0 Å². The summed E-state index contributed by atoms with van der Waals surface area (Å²) in [5.74, 6) is -0.169. The Bertz CT molecular complexity index is 471. The van der Waals surface area contributed by atoms with Crippen molar-refractivity contribution in [2.75, 3.05) is 0 Å². The molecule has 2 rings (SSSR count). The summed E-state index contributed by atoms with van der Waals surface area (Å²) in [6, 6.07) is 15.2. The Morgan fingerprint density at radius 3 is 1.88 bits per heavy atom. The zero-order chi connectivity index (χ0) is 11.4. The fourth-order valence-corrected chi connectivity index (χ4v) is 1.90. The Hall–Kier alpha value is -1.83. The van der Waals surface area contributed by atoms with Crippen molar-refractivity contribution in [1.29, 1.82) is 0 Å². The van der Waals surface area contributed by atoms with Crippen LogP contribution in [0.15, 0.2) is 55.1 Å². The van der Waals surface area contributed by atoms with Crippen molar-refractivity contribution in [3.8, 4) is 0 Å². The molecule has 0 radical (unpaired) electrons. The number of benzene rings is 2. The molecule has 0 spiro atoms. The van der Waals surface area contributed by atoms with E-state index in [1.807, 2.05) is 18.2 Å². The van der Waals surface area contributed by atoms with Crippen LogP contribution in [0.2, 0.25) is 0 Å². The zero-order valence-corrected chi connectivity index (χ0v) is 9.28. The molecule has 0 bridgehead atoms. The minimum Gasteiger partial charge on any atom is -0.212 e. The highest BCUT2D eigenvalue weighted by Crippen LogP contribution is 1.97. The van der Waals surface area contributed by atoms with Gasteiger partial charge in [-0.15, -0.1) is 0 Å². The summed E-state index contributed by atoms with van der Waals surface area (Å²) in [6.45, 7) is 3.72. The van der Waals surface area contributed by atoms with E-state index >= 15 is 0 Å². The third-order valence-electron chi connectivity index (χ3n) is 2.90.